The number of benzene rings is 1. The first-order chi connectivity index (χ1) is 9.27. The van der Waals surface area contributed by atoms with E-state index in [1.165, 1.54) is 17.8 Å². The van der Waals surface area contributed by atoms with Gasteiger partial charge in [0.15, 0.2) is 0 Å². The van der Waals surface area contributed by atoms with Crippen LogP contribution in [0.15, 0.2) is 23.1 Å². The van der Waals surface area contributed by atoms with Gasteiger partial charge in [0, 0.05) is 10.9 Å². The van der Waals surface area contributed by atoms with Gasteiger partial charge in [0.25, 0.3) is 0 Å². The first-order valence-corrected chi connectivity index (χ1v) is 7.80. The zero-order valence-corrected chi connectivity index (χ0v) is 13.2. The molecule has 20 heavy (non-hydrogen) atoms. The average molecular weight is 299 g/mol. The third-order valence-corrected chi connectivity index (χ3v) is 4.23. The molecule has 0 fully saturated rings. The lowest BCUT2D eigenvalue weighted by atomic mass is 9.89. The van der Waals surface area contributed by atoms with Crippen LogP contribution in [0.5, 0.6) is 0 Å². The molecule has 0 aliphatic rings. The van der Waals surface area contributed by atoms with E-state index in [1.807, 2.05) is 19.2 Å². The van der Waals surface area contributed by atoms with Crippen molar-refractivity contribution in [1.82, 2.24) is 5.32 Å². The normalized spacial score (nSPS) is 13.2. The number of hydrogen-bond donors (Lipinski definition) is 2. The van der Waals surface area contributed by atoms with E-state index in [1.54, 1.807) is 19.9 Å². The van der Waals surface area contributed by atoms with Crippen LogP contribution in [-0.2, 0) is 4.79 Å². The summed E-state index contributed by atoms with van der Waals surface area (Å²) in [6.45, 7) is 5.93. The van der Waals surface area contributed by atoms with Crippen LogP contribution in [0.25, 0.3) is 0 Å². The van der Waals surface area contributed by atoms with Crippen LogP contribution in [0.2, 0.25) is 0 Å². The summed E-state index contributed by atoms with van der Waals surface area (Å²) >= 11 is 1.38. The van der Waals surface area contributed by atoms with Crippen molar-refractivity contribution in [2.24, 2.45) is 5.41 Å². The number of halogens is 1. The smallest absolute Gasteiger partial charge is 0.309 e. The van der Waals surface area contributed by atoms with Crippen molar-refractivity contribution in [2.75, 3.05) is 12.8 Å². The van der Waals surface area contributed by atoms with Gasteiger partial charge in [-0.1, -0.05) is 6.07 Å². The highest BCUT2D eigenvalue weighted by molar-refractivity contribution is 7.98. The molecule has 1 aromatic carbocycles. The minimum Gasteiger partial charge on any atom is -0.481 e. The van der Waals surface area contributed by atoms with Gasteiger partial charge < -0.3 is 10.4 Å². The second kappa shape index (κ2) is 7.09. The third kappa shape index (κ3) is 4.49. The van der Waals surface area contributed by atoms with Crippen LogP contribution in [0.4, 0.5) is 4.39 Å². The van der Waals surface area contributed by atoms with Gasteiger partial charge in [0.1, 0.15) is 5.82 Å². The van der Waals surface area contributed by atoms with E-state index in [9.17, 15) is 9.18 Å². The first-order valence-electron chi connectivity index (χ1n) is 6.58. The van der Waals surface area contributed by atoms with E-state index in [0.29, 0.717) is 17.9 Å². The Balaban J connectivity index is 2.57. The maximum absolute atomic E-state index is 13.7. The number of carbonyl (C=O) groups is 1. The summed E-state index contributed by atoms with van der Waals surface area (Å²) in [7, 11) is 0. The lowest BCUT2D eigenvalue weighted by Crippen LogP contribution is -2.30. The van der Waals surface area contributed by atoms with Gasteiger partial charge in [-0.25, -0.2) is 4.39 Å². The monoisotopic (exact) mass is 299 g/mol. The maximum Gasteiger partial charge on any atom is 0.309 e. The zero-order chi connectivity index (χ0) is 15.3. The molecular formula is C15H22FNO2S. The summed E-state index contributed by atoms with van der Waals surface area (Å²) in [5.41, 5.74) is 0.120. The molecule has 0 aromatic heterocycles. The van der Waals surface area contributed by atoms with Gasteiger partial charge in [-0.2, -0.15) is 0 Å². The largest absolute Gasteiger partial charge is 0.481 e. The summed E-state index contributed by atoms with van der Waals surface area (Å²) < 4.78 is 13.7. The molecule has 0 aliphatic carbocycles. The Morgan fingerprint density at radius 3 is 2.65 bits per heavy atom. The van der Waals surface area contributed by atoms with Crippen LogP contribution in [0, 0.1) is 11.2 Å². The first kappa shape index (κ1) is 17.0. The average Bonchev–Trinajstić information content (AvgIpc) is 2.38. The number of carboxylic acid groups (broad SMARTS) is 1. The van der Waals surface area contributed by atoms with Crippen LogP contribution in [-0.4, -0.2) is 23.9 Å². The Labute approximate surface area is 124 Å². The summed E-state index contributed by atoms with van der Waals surface area (Å²) in [4.78, 5) is 11.6. The topological polar surface area (TPSA) is 49.3 Å². The van der Waals surface area contributed by atoms with Crippen molar-refractivity contribution in [3.8, 4) is 0 Å². The van der Waals surface area contributed by atoms with Crippen molar-refractivity contribution in [3.63, 3.8) is 0 Å². The second-order valence-corrected chi connectivity index (χ2v) is 6.36. The van der Waals surface area contributed by atoms with Gasteiger partial charge in [-0.15, -0.1) is 11.8 Å². The maximum atomic E-state index is 13.7. The molecule has 0 radical (unpaired) electrons. The molecule has 0 spiro atoms. The molecule has 1 aromatic rings. The fraction of sp³-hybridized carbons (Fsp3) is 0.533. The number of carboxylic acids is 1. The molecule has 0 bridgehead atoms. The van der Waals surface area contributed by atoms with E-state index < -0.39 is 11.4 Å². The zero-order valence-electron chi connectivity index (χ0n) is 12.4. The van der Waals surface area contributed by atoms with Crippen molar-refractivity contribution < 1.29 is 14.3 Å². The van der Waals surface area contributed by atoms with Crippen LogP contribution in [0.1, 0.15) is 38.8 Å². The molecule has 0 amide bonds. The standard InChI is InChI=1S/C15H22FNO2S/c1-10(17-8-7-15(2,3)14(18)19)11-5-6-13(20-4)12(16)9-11/h5-6,9-10,17H,7-8H2,1-4H3,(H,18,19). The highest BCUT2D eigenvalue weighted by Crippen LogP contribution is 2.24. The van der Waals surface area contributed by atoms with Crippen LogP contribution >= 0.6 is 11.8 Å². The minimum atomic E-state index is -0.803. The highest BCUT2D eigenvalue weighted by atomic mass is 32.2. The summed E-state index contributed by atoms with van der Waals surface area (Å²) in [6.07, 6.45) is 2.37. The van der Waals surface area contributed by atoms with Crippen molar-refractivity contribution >= 4 is 17.7 Å². The Morgan fingerprint density at radius 2 is 2.15 bits per heavy atom. The minimum absolute atomic E-state index is 0.00926. The van der Waals surface area contributed by atoms with E-state index in [-0.39, 0.29) is 11.9 Å². The molecule has 0 saturated carbocycles. The lowest BCUT2D eigenvalue weighted by molar-refractivity contribution is -0.147. The third-order valence-electron chi connectivity index (χ3n) is 3.46. The molecule has 0 heterocycles. The molecule has 1 rings (SSSR count). The highest BCUT2D eigenvalue weighted by Gasteiger charge is 2.26. The van der Waals surface area contributed by atoms with Gasteiger partial charge in [-0.3, -0.25) is 4.79 Å². The molecule has 0 saturated heterocycles. The lowest BCUT2D eigenvalue weighted by Gasteiger charge is -2.21. The predicted octanol–water partition coefficient (Wildman–Crippen LogP) is 3.70. The molecule has 2 N–H and O–H groups in total. The molecule has 5 heteroatoms. The molecular weight excluding hydrogens is 277 g/mol. The van der Waals surface area contributed by atoms with Crippen LogP contribution in [0.3, 0.4) is 0 Å². The van der Waals surface area contributed by atoms with Gasteiger partial charge in [0.2, 0.25) is 0 Å². The Kier molecular flexibility index (Phi) is 6.02. The fourth-order valence-corrected chi connectivity index (χ4v) is 2.24. The van der Waals surface area contributed by atoms with Gasteiger partial charge in [0.05, 0.1) is 5.41 Å². The number of aliphatic carboxylic acids is 1. The van der Waals surface area contributed by atoms with Crippen molar-refractivity contribution in [1.29, 1.82) is 0 Å². The summed E-state index contributed by atoms with van der Waals surface area (Å²) in [5.74, 6) is -1.02. The van der Waals surface area contributed by atoms with E-state index in [4.69, 9.17) is 5.11 Å². The molecule has 1 unspecified atom stereocenters. The summed E-state index contributed by atoms with van der Waals surface area (Å²) in [5, 5.41) is 12.3. The van der Waals surface area contributed by atoms with E-state index >= 15 is 0 Å². The van der Waals surface area contributed by atoms with Crippen molar-refractivity contribution in [3.05, 3.63) is 29.6 Å². The molecule has 0 aliphatic heterocycles. The number of thioether (sulfide) groups is 1. The molecule has 3 nitrogen and oxygen atoms in total. The van der Waals surface area contributed by atoms with Gasteiger partial charge in [-0.05, 0) is 57.7 Å². The predicted molar refractivity (Wildman–Crippen MR) is 80.6 cm³/mol. The Morgan fingerprint density at radius 1 is 1.50 bits per heavy atom. The Bertz CT molecular complexity index is 477. The van der Waals surface area contributed by atoms with Crippen LogP contribution < -0.4 is 5.32 Å². The number of hydrogen-bond acceptors (Lipinski definition) is 3. The number of nitrogens with one attached hydrogen (secondary N) is 1. The van der Waals surface area contributed by atoms with Crippen molar-refractivity contribution in [2.45, 2.75) is 38.1 Å². The molecule has 112 valence electrons. The second-order valence-electron chi connectivity index (χ2n) is 5.51. The SMILES string of the molecule is CSc1ccc(C(C)NCCC(C)(C)C(=O)O)cc1F. The number of rotatable bonds is 7. The van der Waals surface area contributed by atoms with Gasteiger partial charge >= 0.3 is 5.97 Å². The van der Waals surface area contributed by atoms with E-state index in [0.717, 1.165) is 5.56 Å². The quantitative estimate of drug-likeness (QED) is 0.754. The summed E-state index contributed by atoms with van der Waals surface area (Å²) in [6, 6.07) is 5.19. The molecule has 1 atom stereocenters. The Hall–Kier alpha value is -1.07. The fourth-order valence-electron chi connectivity index (χ4n) is 1.78. The van der Waals surface area contributed by atoms with E-state index in [2.05, 4.69) is 5.32 Å².